The van der Waals surface area contributed by atoms with Crippen LogP contribution in [0.1, 0.15) is 24.8 Å². The van der Waals surface area contributed by atoms with Gasteiger partial charge in [-0.1, -0.05) is 0 Å². The smallest absolute Gasteiger partial charge is 0.236 e. The summed E-state index contributed by atoms with van der Waals surface area (Å²) < 4.78 is 0. The molecule has 2 fully saturated rings. The molecule has 2 aliphatic heterocycles. The van der Waals surface area contributed by atoms with Gasteiger partial charge < -0.3 is 10.2 Å². The Morgan fingerprint density at radius 1 is 1.41 bits per heavy atom. The van der Waals surface area contributed by atoms with Gasteiger partial charge in [-0.2, -0.15) is 0 Å². The number of nitrogens with zero attached hydrogens (tertiary/aromatic N) is 3. The van der Waals surface area contributed by atoms with Crippen molar-refractivity contribution in [2.75, 3.05) is 33.2 Å². The zero-order valence-electron chi connectivity index (χ0n) is 13.4. The van der Waals surface area contributed by atoms with E-state index in [0.29, 0.717) is 18.5 Å². The Balaban J connectivity index is 1.49. The minimum Gasteiger partial charge on any atom is -0.341 e. The Labute approximate surface area is 132 Å². The van der Waals surface area contributed by atoms with Crippen LogP contribution in [0.15, 0.2) is 24.5 Å². The van der Waals surface area contributed by atoms with E-state index in [9.17, 15) is 4.79 Å². The Hall–Kier alpha value is -1.46. The molecule has 0 aromatic carbocycles. The van der Waals surface area contributed by atoms with Gasteiger partial charge in [0.05, 0.1) is 6.54 Å². The van der Waals surface area contributed by atoms with E-state index in [2.05, 4.69) is 20.1 Å². The second-order valence-electron chi connectivity index (χ2n) is 6.62. The van der Waals surface area contributed by atoms with Crippen LogP contribution in [-0.4, -0.2) is 60.0 Å². The number of nitrogens with one attached hydrogen (secondary N) is 1. The summed E-state index contributed by atoms with van der Waals surface area (Å²) in [7, 11) is 2.01. The van der Waals surface area contributed by atoms with E-state index in [1.54, 1.807) is 12.4 Å². The van der Waals surface area contributed by atoms with Crippen molar-refractivity contribution in [1.82, 2.24) is 20.1 Å². The highest BCUT2D eigenvalue weighted by Gasteiger charge is 2.32. The van der Waals surface area contributed by atoms with Crippen molar-refractivity contribution in [2.45, 2.75) is 31.8 Å². The van der Waals surface area contributed by atoms with E-state index in [1.165, 1.54) is 18.4 Å². The third-order valence-corrected chi connectivity index (χ3v) is 4.85. The topological polar surface area (TPSA) is 48.5 Å². The molecule has 1 aromatic rings. The fourth-order valence-corrected chi connectivity index (χ4v) is 3.66. The lowest BCUT2D eigenvalue weighted by molar-refractivity contribution is -0.134. The number of rotatable bonds is 4. The Morgan fingerprint density at radius 2 is 2.23 bits per heavy atom. The number of piperidine rings is 2. The molecule has 120 valence electrons. The zero-order valence-corrected chi connectivity index (χ0v) is 13.4. The van der Waals surface area contributed by atoms with Crippen LogP contribution in [0.5, 0.6) is 0 Å². The molecule has 0 unspecified atom stereocenters. The van der Waals surface area contributed by atoms with Crippen molar-refractivity contribution in [3.05, 3.63) is 30.1 Å². The van der Waals surface area contributed by atoms with Gasteiger partial charge in [-0.25, -0.2) is 0 Å². The van der Waals surface area contributed by atoms with Gasteiger partial charge in [-0.05, 0) is 56.5 Å². The lowest BCUT2D eigenvalue weighted by atomic mass is 9.85. The number of hydrogen-bond donors (Lipinski definition) is 1. The molecule has 0 aliphatic carbocycles. The van der Waals surface area contributed by atoms with Crippen LogP contribution < -0.4 is 5.32 Å². The molecule has 1 N–H and O–H groups in total. The van der Waals surface area contributed by atoms with Crippen LogP contribution in [0.25, 0.3) is 0 Å². The molecule has 0 bridgehead atoms. The summed E-state index contributed by atoms with van der Waals surface area (Å²) in [5.41, 5.74) is 1.19. The highest BCUT2D eigenvalue weighted by Crippen LogP contribution is 2.24. The number of fused-ring (bicyclic) bond motifs is 1. The van der Waals surface area contributed by atoms with Crippen LogP contribution in [-0.2, 0) is 11.3 Å². The summed E-state index contributed by atoms with van der Waals surface area (Å²) in [5.74, 6) is 0.914. The van der Waals surface area contributed by atoms with Crippen molar-refractivity contribution in [2.24, 2.45) is 5.92 Å². The zero-order chi connectivity index (χ0) is 15.4. The minimum atomic E-state index is 0.264. The third kappa shape index (κ3) is 3.84. The first kappa shape index (κ1) is 15.4. The van der Waals surface area contributed by atoms with Crippen molar-refractivity contribution < 1.29 is 4.79 Å². The molecule has 1 aromatic heterocycles. The first-order valence-corrected chi connectivity index (χ1v) is 8.31. The third-order valence-electron chi connectivity index (χ3n) is 4.85. The summed E-state index contributed by atoms with van der Waals surface area (Å²) in [5, 5.41) is 3.60. The van der Waals surface area contributed by atoms with E-state index >= 15 is 0 Å². The van der Waals surface area contributed by atoms with Crippen molar-refractivity contribution in [1.29, 1.82) is 0 Å². The van der Waals surface area contributed by atoms with Gasteiger partial charge in [0, 0.05) is 38.1 Å². The maximum atomic E-state index is 12.5. The molecule has 3 heterocycles. The lowest BCUT2D eigenvalue weighted by Gasteiger charge is -2.42. The minimum absolute atomic E-state index is 0.264. The number of aromatic nitrogens is 1. The van der Waals surface area contributed by atoms with Gasteiger partial charge in [-0.3, -0.25) is 14.7 Å². The van der Waals surface area contributed by atoms with Gasteiger partial charge >= 0.3 is 0 Å². The maximum absolute atomic E-state index is 12.5. The summed E-state index contributed by atoms with van der Waals surface area (Å²) >= 11 is 0. The molecule has 22 heavy (non-hydrogen) atoms. The van der Waals surface area contributed by atoms with E-state index in [1.807, 2.05) is 19.2 Å². The maximum Gasteiger partial charge on any atom is 0.236 e. The molecule has 0 saturated carbocycles. The normalized spacial score (nSPS) is 25.1. The number of carbonyl (C=O) groups excluding carboxylic acids is 1. The monoisotopic (exact) mass is 302 g/mol. The molecule has 1 amide bonds. The first-order chi connectivity index (χ1) is 10.7. The standard InChI is InChI=1S/C17H26N4O/c1-20(11-14-4-8-18-9-5-14)13-17(22)21-10-6-16-15(12-21)3-2-7-19-16/h4-5,8-9,15-16,19H,2-3,6-7,10-13H2,1H3/t15-,16+/m1/s1. The summed E-state index contributed by atoms with van der Waals surface area (Å²) in [6, 6.07) is 4.63. The van der Waals surface area contributed by atoms with E-state index in [4.69, 9.17) is 0 Å². The fourth-order valence-electron chi connectivity index (χ4n) is 3.66. The van der Waals surface area contributed by atoms with E-state index in [-0.39, 0.29) is 5.91 Å². The van der Waals surface area contributed by atoms with E-state index in [0.717, 1.165) is 32.6 Å². The van der Waals surface area contributed by atoms with Crippen LogP contribution in [0.2, 0.25) is 0 Å². The van der Waals surface area contributed by atoms with E-state index < -0.39 is 0 Å². The van der Waals surface area contributed by atoms with Crippen molar-refractivity contribution in [3.8, 4) is 0 Å². The number of hydrogen-bond acceptors (Lipinski definition) is 4. The predicted molar refractivity (Wildman–Crippen MR) is 86.3 cm³/mol. The van der Waals surface area contributed by atoms with Crippen LogP contribution in [0.4, 0.5) is 0 Å². The molecule has 5 nitrogen and oxygen atoms in total. The molecular weight excluding hydrogens is 276 g/mol. The second-order valence-corrected chi connectivity index (χ2v) is 6.62. The molecule has 0 spiro atoms. The predicted octanol–water partition coefficient (Wildman–Crippen LogP) is 1.11. The van der Waals surface area contributed by atoms with Crippen molar-refractivity contribution >= 4 is 5.91 Å². The largest absolute Gasteiger partial charge is 0.341 e. The lowest BCUT2D eigenvalue weighted by Crippen LogP contribution is -2.54. The van der Waals surface area contributed by atoms with Gasteiger partial charge in [0.1, 0.15) is 0 Å². The molecule has 2 aliphatic rings. The summed E-state index contributed by atoms with van der Waals surface area (Å²) in [4.78, 5) is 20.7. The number of pyridine rings is 1. The second kappa shape index (κ2) is 7.20. The fraction of sp³-hybridized carbons (Fsp3) is 0.647. The molecule has 3 rings (SSSR count). The molecule has 0 radical (unpaired) electrons. The van der Waals surface area contributed by atoms with Gasteiger partial charge in [0.25, 0.3) is 0 Å². The average molecular weight is 302 g/mol. The van der Waals surface area contributed by atoms with Crippen LogP contribution in [0.3, 0.4) is 0 Å². The van der Waals surface area contributed by atoms with Gasteiger partial charge in [-0.15, -0.1) is 0 Å². The Kier molecular flexibility index (Phi) is 5.05. The summed E-state index contributed by atoms with van der Waals surface area (Å²) in [6.07, 6.45) is 7.20. The van der Waals surface area contributed by atoms with Gasteiger partial charge in [0.2, 0.25) is 5.91 Å². The molecule has 5 heteroatoms. The highest BCUT2D eigenvalue weighted by atomic mass is 16.2. The first-order valence-electron chi connectivity index (χ1n) is 8.31. The summed E-state index contributed by atoms with van der Waals surface area (Å²) in [6.45, 7) is 4.25. The number of likely N-dealkylation sites (N-methyl/N-ethyl adjacent to an activating group) is 1. The Morgan fingerprint density at radius 3 is 3.05 bits per heavy atom. The number of amides is 1. The average Bonchev–Trinajstić information content (AvgIpc) is 2.55. The van der Waals surface area contributed by atoms with Crippen LogP contribution in [0, 0.1) is 5.92 Å². The highest BCUT2D eigenvalue weighted by molar-refractivity contribution is 5.78. The number of likely N-dealkylation sites (tertiary alicyclic amines) is 1. The number of carbonyl (C=O) groups is 1. The molecule has 2 saturated heterocycles. The molecular formula is C17H26N4O. The quantitative estimate of drug-likeness (QED) is 0.905. The van der Waals surface area contributed by atoms with Crippen LogP contribution >= 0.6 is 0 Å². The Bertz CT molecular complexity index is 493. The van der Waals surface area contributed by atoms with Gasteiger partial charge in [0.15, 0.2) is 0 Å². The SMILES string of the molecule is CN(CC(=O)N1CC[C@@H]2NCCC[C@@H]2C1)Cc1ccncc1. The van der Waals surface area contributed by atoms with Crippen molar-refractivity contribution in [3.63, 3.8) is 0 Å². The molecule has 2 atom stereocenters.